The number of esters is 1. The van der Waals surface area contributed by atoms with Crippen molar-refractivity contribution in [1.82, 2.24) is 0 Å². The molecule has 0 saturated heterocycles. The summed E-state index contributed by atoms with van der Waals surface area (Å²) in [7, 11) is 1.38. The molecule has 7 heteroatoms. The average Bonchev–Trinajstić information content (AvgIpc) is 2.61. The maximum atomic E-state index is 13.9. The third-order valence-corrected chi connectivity index (χ3v) is 3.31. The fourth-order valence-corrected chi connectivity index (χ4v) is 1.98. The first-order valence-electron chi connectivity index (χ1n) is 7.30. The fraction of sp³-hybridized carbons (Fsp3) is 0.167. The third kappa shape index (κ3) is 4.54. The summed E-state index contributed by atoms with van der Waals surface area (Å²) in [6, 6.07) is 11.9. The van der Waals surface area contributed by atoms with E-state index in [2.05, 4.69) is 5.32 Å². The van der Waals surface area contributed by atoms with Crippen LogP contribution in [0.15, 0.2) is 42.5 Å². The van der Waals surface area contributed by atoms with Crippen molar-refractivity contribution in [3.05, 3.63) is 59.4 Å². The Kier molecular flexibility index (Phi) is 5.69. The Morgan fingerprint density at radius 2 is 2.00 bits per heavy atom. The molecular weight excluding hydrogens is 327 g/mol. The number of anilines is 1. The van der Waals surface area contributed by atoms with E-state index < -0.39 is 23.8 Å². The molecule has 0 unspecified atom stereocenters. The molecule has 0 spiro atoms. The van der Waals surface area contributed by atoms with Crippen LogP contribution in [0.1, 0.15) is 22.8 Å². The lowest BCUT2D eigenvalue weighted by Crippen LogP contribution is -2.30. The molecule has 6 nitrogen and oxygen atoms in total. The molecule has 0 radical (unpaired) electrons. The zero-order valence-corrected chi connectivity index (χ0v) is 13.6. The van der Waals surface area contributed by atoms with Crippen LogP contribution in [0.25, 0.3) is 0 Å². The van der Waals surface area contributed by atoms with E-state index in [-0.39, 0.29) is 11.3 Å². The molecule has 2 rings (SSSR count). The first-order chi connectivity index (χ1) is 11.9. The molecular formula is C18H15FN2O4. The minimum atomic E-state index is -1.15. The Morgan fingerprint density at radius 3 is 2.64 bits per heavy atom. The van der Waals surface area contributed by atoms with Crippen LogP contribution in [0.3, 0.4) is 0 Å². The molecule has 0 bridgehead atoms. The lowest BCUT2D eigenvalue weighted by molar-refractivity contribution is -0.123. The lowest BCUT2D eigenvalue weighted by atomic mass is 10.2. The number of hydrogen-bond donors (Lipinski definition) is 1. The molecule has 1 atom stereocenters. The van der Waals surface area contributed by atoms with Crippen LogP contribution in [0, 0.1) is 17.1 Å². The standard InChI is InChI=1S/C18H15FN2O4/c1-11(17(22)21-13-5-3-4-12(8-13)10-20)25-18(23)15-7-6-14(24-2)9-16(15)19/h3-9,11H,1-2H3,(H,21,22)/t11-/m1/s1. The molecule has 1 N–H and O–H groups in total. The number of nitrogens with zero attached hydrogens (tertiary/aromatic N) is 1. The maximum Gasteiger partial charge on any atom is 0.341 e. The Bertz CT molecular complexity index is 845. The number of rotatable bonds is 5. The number of nitriles is 1. The monoisotopic (exact) mass is 342 g/mol. The van der Waals surface area contributed by atoms with Gasteiger partial charge in [0.2, 0.25) is 0 Å². The first kappa shape index (κ1) is 17.9. The van der Waals surface area contributed by atoms with Crippen molar-refractivity contribution in [2.45, 2.75) is 13.0 Å². The molecule has 2 aromatic rings. The number of halogens is 1. The van der Waals surface area contributed by atoms with Gasteiger partial charge in [0.1, 0.15) is 11.6 Å². The maximum absolute atomic E-state index is 13.9. The third-order valence-electron chi connectivity index (χ3n) is 3.31. The van der Waals surface area contributed by atoms with Crippen molar-refractivity contribution >= 4 is 17.6 Å². The Hall–Kier alpha value is -3.40. The normalized spacial score (nSPS) is 11.1. The molecule has 0 saturated carbocycles. The van der Waals surface area contributed by atoms with Gasteiger partial charge in [-0.15, -0.1) is 0 Å². The fourth-order valence-electron chi connectivity index (χ4n) is 1.98. The van der Waals surface area contributed by atoms with Crippen LogP contribution < -0.4 is 10.1 Å². The Balaban J connectivity index is 2.03. The van der Waals surface area contributed by atoms with Crippen molar-refractivity contribution in [2.24, 2.45) is 0 Å². The van der Waals surface area contributed by atoms with Crippen molar-refractivity contribution in [2.75, 3.05) is 12.4 Å². The van der Waals surface area contributed by atoms with Crippen LogP contribution in [0.4, 0.5) is 10.1 Å². The SMILES string of the molecule is COc1ccc(C(=O)O[C@H](C)C(=O)Nc2cccc(C#N)c2)c(F)c1. The molecule has 0 aromatic heterocycles. The second-order valence-corrected chi connectivity index (χ2v) is 5.08. The van der Waals surface area contributed by atoms with Gasteiger partial charge in [-0.05, 0) is 37.3 Å². The molecule has 128 valence electrons. The van der Waals surface area contributed by atoms with Crippen LogP contribution in [0.5, 0.6) is 5.75 Å². The van der Waals surface area contributed by atoms with Gasteiger partial charge in [0.15, 0.2) is 6.10 Å². The van der Waals surface area contributed by atoms with Gasteiger partial charge in [-0.1, -0.05) is 6.07 Å². The van der Waals surface area contributed by atoms with E-state index in [1.807, 2.05) is 6.07 Å². The smallest absolute Gasteiger partial charge is 0.341 e. The van der Waals surface area contributed by atoms with Gasteiger partial charge in [-0.25, -0.2) is 9.18 Å². The van der Waals surface area contributed by atoms with E-state index in [1.54, 1.807) is 18.2 Å². The summed E-state index contributed by atoms with van der Waals surface area (Å²) in [5.41, 5.74) is 0.470. The van der Waals surface area contributed by atoms with E-state index in [9.17, 15) is 14.0 Å². The minimum Gasteiger partial charge on any atom is -0.497 e. The van der Waals surface area contributed by atoms with Crippen molar-refractivity contribution in [1.29, 1.82) is 5.26 Å². The predicted octanol–water partition coefficient (Wildman–Crippen LogP) is 2.89. The number of hydrogen-bond acceptors (Lipinski definition) is 5. The lowest BCUT2D eigenvalue weighted by Gasteiger charge is -2.14. The molecule has 1 amide bonds. The highest BCUT2D eigenvalue weighted by Crippen LogP contribution is 2.18. The highest BCUT2D eigenvalue weighted by molar-refractivity contribution is 5.97. The molecule has 0 aliphatic heterocycles. The number of ether oxygens (including phenoxy) is 2. The van der Waals surface area contributed by atoms with Gasteiger partial charge in [0.25, 0.3) is 5.91 Å². The van der Waals surface area contributed by atoms with Gasteiger partial charge in [0.05, 0.1) is 24.3 Å². The van der Waals surface area contributed by atoms with Crippen LogP contribution in [-0.2, 0) is 9.53 Å². The summed E-state index contributed by atoms with van der Waals surface area (Å²) in [5.74, 6) is -2.11. The number of benzene rings is 2. The van der Waals surface area contributed by atoms with E-state index >= 15 is 0 Å². The van der Waals surface area contributed by atoms with E-state index in [1.165, 1.54) is 32.2 Å². The summed E-state index contributed by atoms with van der Waals surface area (Å²) in [4.78, 5) is 24.1. The first-order valence-corrected chi connectivity index (χ1v) is 7.30. The predicted molar refractivity (Wildman–Crippen MR) is 87.6 cm³/mol. The number of carbonyl (C=O) groups excluding carboxylic acids is 2. The van der Waals surface area contributed by atoms with Crippen molar-refractivity contribution in [3.63, 3.8) is 0 Å². The van der Waals surface area contributed by atoms with E-state index in [0.717, 1.165) is 6.07 Å². The Morgan fingerprint density at radius 1 is 1.24 bits per heavy atom. The second kappa shape index (κ2) is 7.93. The molecule has 0 fully saturated rings. The number of nitrogens with one attached hydrogen (secondary N) is 1. The molecule has 0 aliphatic carbocycles. The van der Waals surface area contributed by atoms with Crippen molar-refractivity contribution < 1.29 is 23.5 Å². The highest BCUT2D eigenvalue weighted by Gasteiger charge is 2.21. The quantitative estimate of drug-likeness (QED) is 0.844. The molecule has 2 aromatic carbocycles. The largest absolute Gasteiger partial charge is 0.497 e. The molecule has 25 heavy (non-hydrogen) atoms. The highest BCUT2D eigenvalue weighted by atomic mass is 19.1. The summed E-state index contributed by atoms with van der Waals surface area (Å²) in [5, 5.41) is 11.4. The summed E-state index contributed by atoms with van der Waals surface area (Å²) >= 11 is 0. The van der Waals surface area contributed by atoms with Gasteiger partial charge in [-0.3, -0.25) is 4.79 Å². The minimum absolute atomic E-state index is 0.261. The topological polar surface area (TPSA) is 88.4 Å². The second-order valence-electron chi connectivity index (χ2n) is 5.08. The van der Waals surface area contributed by atoms with Crippen LogP contribution in [-0.4, -0.2) is 25.1 Å². The average molecular weight is 342 g/mol. The van der Waals surface area contributed by atoms with E-state index in [4.69, 9.17) is 14.7 Å². The zero-order chi connectivity index (χ0) is 18.4. The van der Waals surface area contributed by atoms with Gasteiger partial charge in [-0.2, -0.15) is 5.26 Å². The van der Waals surface area contributed by atoms with E-state index in [0.29, 0.717) is 11.3 Å². The number of methoxy groups -OCH3 is 1. The van der Waals surface area contributed by atoms with Crippen molar-refractivity contribution in [3.8, 4) is 11.8 Å². The van der Waals surface area contributed by atoms with Crippen LogP contribution in [0.2, 0.25) is 0 Å². The summed E-state index contributed by atoms with van der Waals surface area (Å²) in [6.07, 6.45) is -1.15. The molecule has 0 heterocycles. The van der Waals surface area contributed by atoms with Gasteiger partial charge in [0, 0.05) is 11.8 Å². The number of carbonyl (C=O) groups is 2. The van der Waals surface area contributed by atoms with Gasteiger partial charge < -0.3 is 14.8 Å². The van der Waals surface area contributed by atoms with Crippen LogP contribution >= 0.6 is 0 Å². The van der Waals surface area contributed by atoms with Gasteiger partial charge >= 0.3 is 5.97 Å². The summed E-state index contributed by atoms with van der Waals surface area (Å²) < 4.78 is 23.7. The Labute approximate surface area is 143 Å². The summed E-state index contributed by atoms with van der Waals surface area (Å²) in [6.45, 7) is 1.36. The number of amides is 1. The molecule has 0 aliphatic rings. The zero-order valence-electron chi connectivity index (χ0n) is 13.6.